The number of nitrogens with zero attached hydrogens (tertiary/aromatic N) is 4. The van der Waals surface area contributed by atoms with E-state index >= 15 is 0 Å². The summed E-state index contributed by atoms with van der Waals surface area (Å²) in [6.07, 6.45) is 0. The molecular formula is C66H51BN4. The molecule has 2 aliphatic rings. The second-order valence-electron chi connectivity index (χ2n) is 19.2. The average Bonchev–Trinajstić information content (AvgIpc) is 3.41. The molecular weight excluding hydrogens is 860 g/mol. The summed E-state index contributed by atoms with van der Waals surface area (Å²) in [6, 6.07) is 88.0. The zero-order valence-electron chi connectivity index (χ0n) is 40.4. The van der Waals surface area contributed by atoms with Crippen LogP contribution in [0.2, 0.25) is 0 Å². The molecule has 0 aliphatic carbocycles. The highest BCUT2D eigenvalue weighted by Crippen LogP contribution is 2.51. The van der Waals surface area contributed by atoms with Gasteiger partial charge in [0.25, 0.3) is 6.71 Å². The van der Waals surface area contributed by atoms with Crippen molar-refractivity contribution in [2.45, 2.75) is 27.7 Å². The highest BCUT2D eigenvalue weighted by atomic mass is 15.2. The van der Waals surface area contributed by atoms with Crippen LogP contribution in [-0.2, 0) is 0 Å². The summed E-state index contributed by atoms with van der Waals surface area (Å²) < 4.78 is 0. The van der Waals surface area contributed by atoms with Crippen LogP contribution in [0.15, 0.2) is 237 Å². The molecule has 71 heavy (non-hydrogen) atoms. The molecule has 0 fully saturated rings. The molecule has 338 valence electrons. The number of fused-ring (bicyclic) bond motifs is 8. The Morgan fingerprint density at radius 2 is 0.592 bits per heavy atom. The van der Waals surface area contributed by atoms with Gasteiger partial charge in [0.15, 0.2) is 0 Å². The molecule has 0 bridgehead atoms. The molecule has 13 rings (SSSR count). The van der Waals surface area contributed by atoms with Crippen LogP contribution in [0, 0.1) is 27.7 Å². The molecule has 0 saturated carbocycles. The third-order valence-electron chi connectivity index (χ3n) is 14.7. The van der Waals surface area contributed by atoms with Crippen molar-refractivity contribution in [3.8, 4) is 0 Å². The van der Waals surface area contributed by atoms with E-state index in [1.807, 2.05) is 0 Å². The molecule has 0 amide bonds. The molecule has 0 saturated heterocycles. The third kappa shape index (κ3) is 6.99. The van der Waals surface area contributed by atoms with Crippen molar-refractivity contribution in [2.24, 2.45) is 0 Å². The van der Waals surface area contributed by atoms with Crippen molar-refractivity contribution in [1.29, 1.82) is 0 Å². The molecule has 0 aromatic heterocycles. The summed E-state index contributed by atoms with van der Waals surface area (Å²) in [4.78, 5) is 9.97. The molecule has 0 radical (unpaired) electrons. The molecule has 2 heterocycles. The lowest BCUT2D eigenvalue weighted by Crippen LogP contribution is -2.61. The van der Waals surface area contributed by atoms with Crippen molar-refractivity contribution < 1.29 is 0 Å². The minimum atomic E-state index is -0.136. The van der Waals surface area contributed by atoms with E-state index in [1.165, 1.54) is 71.6 Å². The number of anilines is 12. The van der Waals surface area contributed by atoms with Gasteiger partial charge in [-0.15, -0.1) is 0 Å². The van der Waals surface area contributed by atoms with Crippen LogP contribution in [0.4, 0.5) is 68.2 Å². The Balaban J connectivity index is 1.17. The SMILES string of the molecule is Cc1ccc(N(c2ccc(C)cc2)c2cc3c(c4ccccc24)B2c4c(cccc4N(c4ccccc4)c4cc(N(c5ccc(C)cc5)c5ccc(C)cc5)c5ccccc5c42)N3c2ccccc2)cc1. The number of benzene rings is 11. The molecule has 0 spiro atoms. The van der Waals surface area contributed by atoms with Gasteiger partial charge in [0, 0.05) is 67.6 Å². The van der Waals surface area contributed by atoms with E-state index < -0.39 is 0 Å². The van der Waals surface area contributed by atoms with Gasteiger partial charge in [0.05, 0.1) is 11.4 Å². The largest absolute Gasteiger partial charge is 0.311 e. The number of hydrogen-bond acceptors (Lipinski definition) is 4. The maximum Gasteiger partial charge on any atom is 0.253 e. The van der Waals surface area contributed by atoms with Gasteiger partial charge in [0.1, 0.15) is 0 Å². The molecule has 4 nitrogen and oxygen atoms in total. The Kier molecular flexibility index (Phi) is 10.1. The minimum absolute atomic E-state index is 0.136. The summed E-state index contributed by atoms with van der Waals surface area (Å²) in [6.45, 7) is 8.51. The fraction of sp³-hybridized carbons (Fsp3) is 0.0606. The first-order chi connectivity index (χ1) is 34.9. The maximum absolute atomic E-state index is 2.53. The Hall–Kier alpha value is -8.80. The van der Waals surface area contributed by atoms with Crippen LogP contribution in [0.5, 0.6) is 0 Å². The molecule has 0 N–H and O–H groups in total. The van der Waals surface area contributed by atoms with Gasteiger partial charge in [-0.3, -0.25) is 0 Å². The van der Waals surface area contributed by atoms with E-state index in [-0.39, 0.29) is 6.71 Å². The van der Waals surface area contributed by atoms with Crippen LogP contribution < -0.4 is 36.0 Å². The first-order valence-corrected chi connectivity index (χ1v) is 24.7. The fourth-order valence-electron chi connectivity index (χ4n) is 11.3. The molecule has 5 heteroatoms. The topological polar surface area (TPSA) is 13.0 Å². The molecule has 0 unspecified atom stereocenters. The summed E-state index contributed by atoms with van der Waals surface area (Å²) >= 11 is 0. The summed E-state index contributed by atoms with van der Waals surface area (Å²) in [5.41, 5.74) is 22.4. The van der Waals surface area contributed by atoms with Gasteiger partial charge in [-0.1, -0.05) is 162 Å². The number of rotatable bonds is 8. The van der Waals surface area contributed by atoms with Gasteiger partial charge in [-0.25, -0.2) is 0 Å². The Labute approximate surface area is 417 Å². The van der Waals surface area contributed by atoms with E-state index in [4.69, 9.17) is 0 Å². The van der Waals surface area contributed by atoms with Gasteiger partial charge >= 0.3 is 0 Å². The van der Waals surface area contributed by atoms with Crippen molar-refractivity contribution in [3.63, 3.8) is 0 Å². The monoisotopic (exact) mass is 910 g/mol. The first-order valence-electron chi connectivity index (χ1n) is 24.7. The number of hydrogen-bond donors (Lipinski definition) is 0. The first kappa shape index (κ1) is 42.3. The predicted octanol–water partition coefficient (Wildman–Crippen LogP) is 16.2. The normalized spacial score (nSPS) is 12.4. The van der Waals surface area contributed by atoms with Gasteiger partial charge in [-0.2, -0.15) is 0 Å². The van der Waals surface area contributed by atoms with E-state index in [2.05, 4.69) is 284 Å². The number of para-hydroxylation sites is 2. The minimum Gasteiger partial charge on any atom is -0.311 e. The van der Waals surface area contributed by atoms with Crippen molar-refractivity contribution in [1.82, 2.24) is 0 Å². The van der Waals surface area contributed by atoms with E-state index in [1.54, 1.807) is 0 Å². The lowest BCUT2D eigenvalue weighted by atomic mass is 9.32. The Morgan fingerprint density at radius 3 is 0.930 bits per heavy atom. The second kappa shape index (κ2) is 17.0. The lowest BCUT2D eigenvalue weighted by molar-refractivity contribution is 1.24. The second-order valence-corrected chi connectivity index (χ2v) is 19.2. The highest BCUT2D eigenvalue weighted by molar-refractivity contribution is 7.03. The zero-order valence-corrected chi connectivity index (χ0v) is 40.4. The van der Waals surface area contributed by atoms with Crippen LogP contribution in [0.1, 0.15) is 22.3 Å². The Bertz CT molecular complexity index is 3460. The van der Waals surface area contributed by atoms with Crippen LogP contribution >= 0.6 is 0 Å². The highest BCUT2D eigenvalue weighted by Gasteiger charge is 2.46. The molecule has 11 aromatic rings. The van der Waals surface area contributed by atoms with E-state index in [0.29, 0.717) is 0 Å². The Morgan fingerprint density at radius 1 is 0.282 bits per heavy atom. The number of aryl methyl sites for hydroxylation is 4. The molecule has 2 aliphatic heterocycles. The van der Waals surface area contributed by atoms with Gasteiger partial charge < -0.3 is 19.6 Å². The van der Waals surface area contributed by atoms with Crippen LogP contribution in [0.25, 0.3) is 21.5 Å². The molecule has 0 atom stereocenters. The predicted molar refractivity (Wildman–Crippen MR) is 304 cm³/mol. The zero-order chi connectivity index (χ0) is 47.7. The van der Waals surface area contributed by atoms with Crippen molar-refractivity contribution in [3.05, 3.63) is 259 Å². The van der Waals surface area contributed by atoms with Crippen LogP contribution in [-0.4, -0.2) is 6.71 Å². The van der Waals surface area contributed by atoms with E-state index in [9.17, 15) is 0 Å². The average molecular weight is 911 g/mol. The summed E-state index contributed by atoms with van der Waals surface area (Å²) in [5.74, 6) is 0. The summed E-state index contributed by atoms with van der Waals surface area (Å²) in [5, 5.41) is 4.84. The van der Waals surface area contributed by atoms with Gasteiger partial charge in [-0.05, 0) is 152 Å². The summed E-state index contributed by atoms with van der Waals surface area (Å²) in [7, 11) is 0. The fourth-order valence-corrected chi connectivity index (χ4v) is 11.3. The van der Waals surface area contributed by atoms with Crippen molar-refractivity contribution in [2.75, 3.05) is 19.6 Å². The smallest absolute Gasteiger partial charge is 0.253 e. The molecule has 11 aromatic carbocycles. The maximum atomic E-state index is 2.53. The van der Waals surface area contributed by atoms with Crippen molar-refractivity contribution >= 4 is 113 Å². The van der Waals surface area contributed by atoms with Gasteiger partial charge in [0.2, 0.25) is 0 Å². The third-order valence-corrected chi connectivity index (χ3v) is 14.7. The van der Waals surface area contributed by atoms with E-state index in [0.717, 1.165) is 56.9 Å². The standard InChI is InChI=1S/C66H51BN4/c1-44-26-34-50(35-27-44)68(51-36-28-45(2)29-37-51)60-42-62-64(56-22-13-11-20-54(56)60)67-65-57-23-14-12-21-55(57)61(69(52-38-30-46(3)31-39-52)53-40-32-47(4)33-41-53)43-63(65)71(49-18-9-6-10-19-49)59-25-15-24-58(66(59)67)70(62)48-16-7-5-8-17-48/h5-43H,1-4H3. The quantitative estimate of drug-likeness (QED) is 0.141. The van der Waals surface area contributed by atoms with Crippen LogP contribution in [0.3, 0.4) is 0 Å². The lowest BCUT2D eigenvalue weighted by Gasteiger charge is -2.45.